The molecule has 258 valence electrons. The monoisotopic (exact) mass is 700 g/mol. The van der Waals surface area contributed by atoms with Gasteiger partial charge in [-0.1, -0.05) is 152 Å². The van der Waals surface area contributed by atoms with E-state index in [1.807, 2.05) is 0 Å². The van der Waals surface area contributed by atoms with Crippen LogP contribution in [0.1, 0.15) is 22.3 Å². The molecule has 0 aliphatic heterocycles. The summed E-state index contributed by atoms with van der Waals surface area (Å²) in [7, 11) is 0. The third-order valence-corrected chi connectivity index (χ3v) is 11.6. The maximum Gasteiger partial charge on any atom is 0.0747 e. The summed E-state index contributed by atoms with van der Waals surface area (Å²) < 4.78 is 0. The van der Waals surface area contributed by atoms with Gasteiger partial charge in [0.15, 0.2) is 0 Å². The Morgan fingerprint density at radius 3 is 1.36 bits per heavy atom. The predicted octanol–water partition coefficient (Wildman–Crippen LogP) is 14.1. The van der Waals surface area contributed by atoms with Crippen LogP contribution in [0.15, 0.2) is 218 Å². The van der Waals surface area contributed by atoms with Gasteiger partial charge in [0.2, 0.25) is 0 Å². The van der Waals surface area contributed by atoms with Gasteiger partial charge in [0.1, 0.15) is 0 Å². The lowest BCUT2D eigenvalue weighted by Gasteiger charge is -2.36. The molecule has 9 aromatic rings. The normalized spacial score (nSPS) is 14.6. The first-order valence-electron chi connectivity index (χ1n) is 19.0. The Morgan fingerprint density at radius 1 is 0.309 bits per heavy atom. The highest BCUT2D eigenvalue weighted by Gasteiger charge is 2.54. The topological polar surface area (TPSA) is 6.48 Å². The highest BCUT2D eigenvalue weighted by atomic mass is 15.2. The minimum atomic E-state index is -0.603. The van der Waals surface area contributed by atoms with Gasteiger partial charge < -0.3 is 9.80 Å². The molecule has 0 amide bonds. The minimum Gasteiger partial charge on any atom is -0.310 e. The van der Waals surface area contributed by atoms with Crippen LogP contribution in [-0.4, -0.2) is 0 Å². The van der Waals surface area contributed by atoms with Crippen LogP contribution in [0.4, 0.5) is 34.1 Å². The van der Waals surface area contributed by atoms with Crippen LogP contribution >= 0.6 is 0 Å². The Balaban J connectivity index is 1.30. The van der Waals surface area contributed by atoms with Crippen molar-refractivity contribution in [3.8, 4) is 22.3 Å². The fraction of sp³-hybridized carbons (Fsp3) is 0.0189. The maximum atomic E-state index is 2.48. The van der Waals surface area contributed by atoms with Crippen LogP contribution in [0, 0.1) is 0 Å². The zero-order valence-corrected chi connectivity index (χ0v) is 30.2. The molecule has 55 heavy (non-hydrogen) atoms. The number of hydrogen-bond donors (Lipinski definition) is 0. The third-order valence-electron chi connectivity index (χ3n) is 11.6. The average Bonchev–Trinajstić information content (AvgIpc) is 3.73. The Bertz CT molecular complexity index is 2790. The molecule has 2 aliphatic carbocycles. The molecule has 0 heterocycles. The summed E-state index contributed by atoms with van der Waals surface area (Å²) in [4.78, 5) is 4.86. The van der Waals surface area contributed by atoms with Crippen molar-refractivity contribution < 1.29 is 0 Å². The van der Waals surface area contributed by atoms with Crippen molar-refractivity contribution in [1.29, 1.82) is 0 Å². The summed E-state index contributed by atoms with van der Waals surface area (Å²) in [5.41, 5.74) is 16.6. The Hall–Kier alpha value is -7.16. The lowest BCUT2D eigenvalue weighted by Crippen LogP contribution is -2.28. The molecule has 1 atom stereocenters. The van der Waals surface area contributed by atoms with E-state index in [-0.39, 0.29) is 0 Å². The van der Waals surface area contributed by atoms with Crippen molar-refractivity contribution in [2.24, 2.45) is 0 Å². The molecule has 2 aliphatic rings. The lowest BCUT2D eigenvalue weighted by molar-refractivity contribution is 0.793. The molecule has 0 radical (unpaired) electrons. The van der Waals surface area contributed by atoms with Gasteiger partial charge in [-0.2, -0.15) is 0 Å². The van der Waals surface area contributed by atoms with E-state index in [4.69, 9.17) is 0 Å². The first kappa shape index (κ1) is 31.4. The average molecular weight is 701 g/mol. The van der Waals surface area contributed by atoms with E-state index >= 15 is 0 Å². The Morgan fingerprint density at radius 2 is 0.764 bits per heavy atom. The molecular formula is C53H36N2. The van der Waals surface area contributed by atoms with Gasteiger partial charge in [-0.3, -0.25) is 0 Å². The van der Waals surface area contributed by atoms with Crippen LogP contribution in [0.3, 0.4) is 0 Å². The van der Waals surface area contributed by atoms with Crippen LogP contribution in [-0.2, 0) is 5.41 Å². The fourth-order valence-corrected chi connectivity index (χ4v) is 9.48. The predicted molar refractivity (Wildman–Crippen MR) is 230 cm³/mol. The quantitative estimate of drug-likeness (QED) is 0.170. The van der Waals surface area contributed by atoms with E-state index in [2.05, 4.69) is 228 Å². The lowest BCUT2D eigenvalue weighted by atomic mass is 9.69. The van der Waals surface area contributed by atoms with Gasteiger partial charge in [0, 0.05) is 34.0 Å². The minimum absolute atomic E-state index is 0.603. The number of nitrogens with zero attached hydrogens (tertiary/aromatic N) is 2. The van der Waals surface area contributed by atoms with Gasteiger partial charge in [-0.05, 0) is 116 Å². The van der Waals surface area contributed by atoms with E-state index in [0.717, 1.165) is 28.4 Å². The fourth-order valence-electron chi connectivity index (χ4n) is 9.48. The highest BCUT2D eigenvalue weighted by Crippen LogP contribution is 2.67. The molecular weight excluding hydrogens is 665 g/mol. The van der Waals surface area contributed by atoms with E-state index in [1.165, 1.54) is 61.0 Å². The molecule has 0 saturated heterocycles. The van der Waals surface area contributed by atoms with Crippen molar-refractivity contribution in [3.05, 3.63) is 241 Å². The van der Waals surface area contributed by atoms with Gasteiger partial charge in [-0.25, -0.2) is 0 Å². The second-order valence-corrected chi connectivity index (χ2v) is 14.5. The second-order valence-electron chi connectivity index (χ2n) is 14.5. The molecule has 9 aromatic carbocycles. The van der Waals surface area contributed by atoms with Crippen molar-refractivity contribution >= 4 is 44.9 Å². The van der Waals surface area contributed by atoms with Gasteiger partial charge >= 0.3 is 0 Å². The Labute approximate surface area is 321 Å². The first-order chi connectivity index (χ1) is 27.3. The summed E-state index contributed by atoms with van der Waals surface area (Å²) in [6.45, 7) is 0. The maximum absolute atomic E-state index is 2.48. The molecule has 0 N–H and O–H groups in total. The molecule has 0 bridgehead atoms. The van der Waals surface area contributed by atoms with Crippen LogP contribution in [0.25, 0.3) is 33.0 Å². The van der Waals surface area contributed by atoms with Crippen LogP contribution in [0.5, 0.6) is 0 Å². The summed E-state index contributed by atoms with van der Waals surface area (Å²) in [5.74, 6) is 0. The van der Waals surface area contributed by atoms with Crippen molar-refractivity contribution in [1.82, 2.24) is 0 Å². The Kier molecular flexibility index (Phi) is 7.11. The molecule has 0 saturated carbocycles. The standard InChI is InChI=1S/C53H36N2/c1-5-20-38(21-6-1)54(39-22-7-2-8-23-39)42-33-34-45-44-29-15-17-31-47(44)53(49(45)36-42)48-32-18-16-30-46(48)51-43-28-14-13-19-37(43)35-50(52(51)53)55(40-24-9-3-10-25-40)41-26-11-4-12-27-41/h1-36H. The molecule has 1 unspecified atom stereocenters. The van der Waals surface area contributed by atoms with Crippen LogP contribution in [0.2, 0.25) is 0 Å². The number of fused-ring (bicyclic) bond motifs is 12. The summed E-state index contributed by atoms with van der Waals surface area (Å²) in [6.07, 6.45) is 0. The van der Waals surface area contributed by atoms with Crippen molar-refractivity contribution in [3.63, 3.8) is 0 Å². The number of hydrogen-bond acceptors (Lipinski definition) is 2. The van der Waals surface area contributed by atoms with Gasteiger partial charge in [0.05, 0.1) is 11.1 Å². The van der Waals surface area contributed by atoms with Gasteiger partial charge in [0.25, 0.3) is 0 Å². The summed E-state index contributed by atoms with van der Waals surface area (Å²) in [5, 5.41) is 2.49. The summed E-state index contributed by atoms with van der Waals surface area (Å²) in [6, 6.07) is 80.0. The van der Waals surface area contributed by atoms with Crippen molar-refractivity contribution in [2.75, 3.05) is 9.80 Å². The van der Waals surface area contributed by atoms with E-state index in [0.29, 0.717) is 0 Å². The number of rotatable bonds is 6. The number of anilines is 6. The molecule has 2 nitrogen and oxygen atoms in total. The largest absolute Gasteiger partial charge is 0.310 e. The van der Waals surface area contributed by atoms with E-state index in [9.17, 15) is 0 Å². The van der Waals surface area contributed by atoms with Gasteiger partial charge in [-0.15, -0.1) is 0 Å². The molecule has 2 heteroatoms. The van der Waals surface area contributed by atoms with E-state index < -0.39 is 5.41 Å². The summed E-state index contributed by atoms with van der Waals surface area (Å²) >= 11 is 0. The molecule has 0 aromatic heterocycles. The molecule has 1 spiro atoms. The smallest absolute Gasteiger partial charge is 0.0747 e. The molecule has 11 rings (SSSR count). The molecule has 0 fully saturated rings. The first-order valence-corrected chi connectivity index (χ1v) is 19.0. The number of para-hydroxylation sites is 4. The SMILES string of the molecule is c1ccc(N(c2ccccc2)c2ccc3c(c2)C2(c4ccccc4-3)c3ccccc3-c3c2c(N(c2ccccc2)c2ccccc2)cc2ccccc32)cc1. The number of benzene rings is 9. The van der Waals surface area contributed by atoms with E-state index in [1.54, 1.807) is 0 Å². The van der Waals surface area contributed by atoms with Crippen LogP contribution < -0.4 is 9.80 Å². The highest BCUT2D eigenvalue weighted by molar-refractivity contribution is 6.10. The second kappa shape index (κ2) is 12.5. The third kappa shape index (κ3) is 4.62. The zero-order valence-electron chi connectivity index (χ0n) is 30.2. The zero-order chi connectivity index (χ0) is 36.3. The van der Waals surface area contributed by atoms with Crippen molar-refractivity contribution in [2.45, 2.75) is 5.41 Å².